The molecule has 1 saturated heterocycles. The van der Waals surface area contributed by atoms with Crippen LogP contribution in [-0.4, -0.2) is 55.1 Å². The maximum absolute atomic E-state index is 13.2. The number of ketones is 1. The number of hydrogen-bond acceptors (Lipinski definition) is 7. The average Bonchev–Trinajstić information content (AvgIpc) is 3.22. The fourth-order valence-corrected chi connectivity index (χ4v) is 6.88. The minimum atomic E-state index is -0.683. The Balaban J connectivity index is 1.59. The van der Waals surface area contributed by atoms with Crippen LogP contribution >= 0.6 is 0 Å². The summed E-state index contributed by atoms with van der Waals surface area (Å²) < 4.78 is 24.6. The number of benzene rings is 1. The largest absolute Gasteiger partial charge is 0.496 e. The minimum absolute atomic E-state index is 0.0323. The molecule has 5 unspecified atom stereocenters. The lowest BCUT2D eigenvalue weighted by Crippen LogP contribution is -2.65. The number of ether oxygens (including phenoxy) is 2. The summed E-state index contributed by atoms with van der Waals surface area (Å²) in [6.07, 6.45) is 2.53. The van der Waals surface area contributed by atoms with Gasteiger partial charge in [-0.2, -0.15) is 0 Å². The van der Waals surface area contributed by atoms with Crippen molar-refractivity contribution in [2.24, 2.45) is 22.7 Å². The summed E-state index contributed by atoms with van der Waals surface area (Å²) in [7, 11) is 0.837. The molecule has 4 aliphatic rings. The van der Waals surface area contributed by atoms with Crippen LogP contribution in [0.25, 0.3) is 0 Å². The van der Waals surface area contributed by atoms with Crippen LogP contribution in [0.1, 0.15) is 104 Å². The van der Waals surface area contributed by atoms with Crippen molar-refractivity contribution in [2.45, 2.75) is 118 Å². The van der Waals surface area contributed by atoms with Gasteiger partial charge in [0.15, 0.2) is 0 Å². The third-order valence-electron chi connectivity index (χ3n) is 9.42. The third-order valence-corrected chi connectivity index (χ3v) is 9.42. The quantitative estimate of drug-likeness (QED) is 0.317. The molecule has 2 bridgehead atoms. The van der Waals surface area contributed by atoms with Crippen molar-refractivity contribution < 1.29 is 33.2 Å². The number of Topliss-reactive ketones (excluding diaryl/α,β-unsaturated/α-hetero) is 1. The summed E-state index contributed by atoms with van der Waals surface area (Å²) in [5, 5.41) is 3.12. The molecule has 8 nitrogen and oxygen atoms in total. The van der Waals surface area contributed by atoms with Crippen molar-refractivity contribution in [1.29, 1.82) is 0 Å². The highest BCUT2D eigenvalue weighted by atomic mass is 16.7. The van der Waals surface area contributed by atoms with Gasteiger partial charge in [0.05, 0.1) is 24.8 Å². The molecule has 0 spiro atoms. The van der Waals surface area contributed by atoms with Gasteiger partial charge in [0.1, 0.15) is 22.7 Å². The number of hydrogen-bond donors (Lipinski definition) is 1. The molecule has 1 amide bonds. The first-order chi connectivity index (χ1) is 18.9. The van der Waals surface area contributed by atoms with Crippen LogP contribution in [-0.2, 0) is 30.1 Å². The molecule has 5 rings (SSSR count). The van der Waals surface area contributed by atoms with Gasteiger partial charge in [-0.15, -0.1) is 0 Å². The van der Waals surface area contributed by atoms with Crippen molar-refractivity contribution in [2.75, 3.05) is 7.11 Å². The maximum Gasteiger partial charge on any atom is 0.482 e. The van der Waals surface area contributed by atoms with Crippen LogP contribution in [0.4, 0.5) is 0 Å². The number of rotatable bonds is 9. The van der Waals surface area contributed by atoms with Crippen molar-refractivity contribution >= 4 is 24.8 Å². The first-order valence-electron chi connectivity index (χ1n) is 14.9. The topological polar surface area (TPSA) is 100 Å². The summed E-state index contributed by atoms with van der Waals surface area (Å²) in [5.41, 5.74) is -0.395. The van der Waals surface area contributed by atoms with E-state index < -0.39 is 35.6 Å². The van der Waals surface area contributed by atoms with E-state index in [1.165, 1.54) is 7.11 Å². The molecule has 3 aliphatic carbocycles. The zero-order chi connectivity index (χ0) is 30.5. The summed E-state index contributed by atoms with van der Waals surface area (Å²) in [4.78, 5) is 38.7. The predicted octanol–water partition coefficient (Wildman–Crippen LogP) is 5.34. The van der Waals surface area contributed by atoms with Gasteiger partial charge in [-0.3, -0.25) is 9.59 Å². The highest BCUT2D eigenvalue weighted by Crippen LogP contribution is 2.65. The molecule has 0 aromatic heterocycles. The van der Waals surface area contributed by atoms with Gasteiger partial charge < -0.3 is 24.1 Å². The fourth-order valence-electron chi connectivity index (χ4n) is 6.88. The third kappa shape index (κ3) is 6.36. The smallest absolute Gasteiger partial charge is 0.482 e. The molecular weight excluding hydrogens is 521 g/mol. The second-order valence-electron chi connectivity index (χ2n) is 14.9. The molecule has 3 saturated carbocycles. The lowest BCUT2D eigenvalue weighted by atomic mass is 9.43. The van der Waals surface area contributed by atoms with E-state index in [9.17, 15) is 14.4 Å². The monoisotopic (exact) mass is 569 g/mol. The molecular formula is C32H48BNO7. The number of esters is 1. The Bertz CT molecular complexity index is 1180. The molecule has 1 heterocycles. The number of carbonyl (C=O) groups is 3. The average molecular weight is 570 g/mol. The molecule has 1 N–H and O–H groups in total. The Morgan fingerprint density at radius 1 is 1.07 bits per heavy atom. The number of para-hydroxylation sites is 1. The molecule has 226 valence electrons. The van der Waals surface area contributed by atoms with E-state index in [0.29, 0.717) is 29.6 Å². The summed E-state index contributed by atoms with van der Waals surface area (Å²) in [6.45, 7) is 17.8. The Kier molecular flexibility index (Phi) is 8.49. The molecule has 1 aliphatic heterocycles. The van der Waals surface area contributed by atoms with Crippen LogP contribution in [0.5, 0.6) is 5.75 Å². The summed E-state index contributed by atoms with van der Waals surface area (Å²) in [6, 6.07) is 5.33. The van der Waals surface area contributed by atoms with Crippen LogP contribution in [0.3, 0.4) is 0 Å². The van der Waals surface area contributed by atoms with E-state index >= 15 is 0 Å². The van der Waals surface area contributed by atoms with E-state index in [1.54, 1.807) is 12.1 Å². The normalized spacial score (nSPS) is 27.4. The second kappa shape index (κ2) is 11.0. The summed E-state index contributed by atoms with van der Waals surface area (Å²) in [5.74, 6) is 0.110. The first-order valence-corrected chi connectivity index (χ1v) is 14.9. The second-order valence-corrected chi connectivity index (χ2v) is 14.9. The van der Waals surface area contributed by atoms with Crippen LogP contribution < -0.4 is 10.1 Å². The standard InChI is InChI=1S/C32H48BNO7/c1-29(2,3)23(35)14-15-26(36)34-25(33-40-24-18-20-17-22(31(20,7)8)32(24,9)41-33)16-19-12-11-13-21(27(19)38-10)28(37)39-30(4,5)6/h11-13,20,22,24-25H,14-18H2,1-10H3,(H,34,36). The highest BCUT2D eigenvalue weighted by molar-refractivity contribution is 6.48. The summed E-state index contributed by atoms with van der Waals surface area (Å²) >= 11 is 0. The SMILES string of the molecule is COc1c(CC(NC(=O)CCC(=O)C(C)(C)C)B2OC3CC4CC(C4(C)C)C3(C)O2)cccc1C(=O)OC(C)(C)C. The van der Waals surface area contributed by atoms with Gasteiger partial charge in [-0.25, -0.2) is 4.79 Å². The van der Waals surface area contributed by atoms with Gasteiger partial charge in [-0.1, -0.05) is 46.8 Å². The number of amides is 1. The van der Waals surface area contributed by atoms with E-state index in [4.69, 9.17) is 18.8 Å². The Morgan fingerprint density at radius 2 is 1.76 bits per heavy atom. The Labute approximate surface area is 245 Å². The molecule has 9 heteroatoms. The minimum Gasteiger partial charge on any atom is -0.496 e. The van der Waals surface area contributed by atoms with Crippen LogP contribution in [0.15, 0.2) is 18.2 Å². The molecule has 1 aromatic rings. The van der Waals surface area contributed by atoms with E-state index in [-0.39, 0.29) is 36.1 Å². The fraction of sp³-hybridized carbons (Fsp3) is 0.719. The van der Waals surface area contributed by atoms with Gasteiger partial charge in [0.25, 0.3) is 0 Å². The number of carbonyl (C=O) groups excluding carboxylic acids is 3. The number of methoxy groups -OCH3 is 1. The van der Waals surface area contributed by atoms with Crippen molar-refractivity contribution in [1.82, 2.24) is 5.32 Å². The molecule has 41 heavy (non-hydrogen) atoms. The molecule has 5 atom stereocenters. The molecule has 0 radical (unpaired) electrons. The van der Waals surface area contributed by atoms with Gasteiger partial charge in [0.2, 0.25) is 5.91 Å². The van der Waals surface area contributed by atoms with Gasteiger partial charge in [-0.05, 0) is 75.8 Å². The van der Waals surface area contributed by atoms with E-state index in [0.717, 1.165) is 18.4 Å². The van der Waals surface area contributed by atoms with Gasteiger partial charge >= 0.3 is 13.1 Å². The van der Waals surface area contributed by atoms with E-state index in [1.807, 2.05) is 47.6 Å². The lowest BCUT2D eigenvalue weighted by molar-refractivity contribution is -0.199. The zero-order valence-corrected chi connectivity index (χ0v) is 26.5. The first kappa shape index (κ1) is 31.5. The van der Waals surface area contributed by atoms with Crippen molar-refractivity contribution in [3.05, 3.63) is 29.3 Å². The molecule has 4 fully saturated rings. The van der Waals surface area contributed by atoms with Crippen molar-refractivity contribution in [3.63, 3.8) is 0 Å². The zero-order valence-electron chi connectivity index (χ0n) is 26.5. The molecule has 1 aromatic carbocycles. The lowest BCUT2D eigenvalue weighted by Gasteiger charge is -2.64. The Morgan fingerprint density at radius 3 is 2.34 bits per heavy atom. The number of nitrogens with one attached hydrogen (secondary N) is 1. The predicted molar refractivity (Wildman–Crippen MR) is 158 cm³/mol. The van der Waals surface area contributed by atoms with Gasteiger partial charge in [0, 0.05) is 18.3 Å². The van der Waals surface area contributed by atoms with Crippen LogP contribution in [0, 0.1) is 22.7 Å². The van der Waals surface area contributed by atoms with E-state index in [2.05, 4.69) is 26.1 Å². The Hall–Kier alpha value is -2.39. The highest BCUT2D eigenvalue weighted by Gasteiger charge is 2.68. The van der Waals surface area contributed by atoms with Crippen molar-refractivity contribution in [3.8, 4) is 5.75 Å². The van der Waals surface area contributed by atoms with Crippen LogP contribution in [0.2, 0.25) is 0 Å². The maximum atomic E-state index is 13.2.